The van der Waals surface area contributed by atoms with Crippen molar-refractivity contribution in [3.05, 3.63) is 46.1 Å². The number of halogens is 2. The normalized spacial score (nSPS) is 15.2. The van der Waals surface area contributed by atoms with E-state index in [4.69, 9.17) is 0 Å². The number of rotatable bonds is 4. The highest BCUT2D eigenvalue weighted by Gasteiger charge is 2.23. The van der Waals surface area contributed by atoms with Crippen molar-refractivity contribution < 1.29 is 8.78 Å². The Balaban J connectivity index is 1.88. The first-order valence-corrected chi connectivity index (χ1v) is 7.82. The van der Waals surface area contributed by atoms with Crippen molar-refractivity contribution in [2.75, 3.05) is 13.1 Å². The summed E-state index contributed by atoms with van der Waals surface area (Å²) in [6.07, 6.45) is 1.08. The maximum Gasteiger partial charge on any atom is 0.350 e. The molecule has 5 nitrogen and oxygen atoms in total. The summed E-state index contributed by atoms with van der Waals surface area (Å²) in [5.74, 6) is -0.235. The number of benzene rings is 1. The fraction of sp³-hybridized carbons (Fsp3) is 0.500. The van der Waals surface area contributed by atoms with Crippen LogP contribution in [0.5, 0.6) is 0 Å². The van der Waals surface area contributed by atoms with Gasteiger partial charge in [0.25, 0.3) is 0 Å². The number of hydrogen-bond donors (Lipinski definition) is 0. The Morgan fingerprint density at radius 1 is 1.26 bits per heavy atom. The van der Waals surface area contributed by atoms with Crippen LogP contribution in [0.2, 0.25) is 0 Å². The summed E-state index contributed by atoms with van der Waals surface area (Å²) in [5, 5.41) is 4.25. The van der Waals surface area contributed by atoms with Gasteiger partial charge in [-0.1, -0.05) is 13.8 Å². The predicted octanol–water partition coefficient (Wildman–Crippen LogP) is 2.17. The molecule has 0 amide bonds. The Hall–Kier alpha value is -2.02. The number of aromatic nitrogens is 3. The van der Waals surface area contributed by atoms with Gasteiger partial charge in [-0.2, -0.15) is 4.68 Å². The van der Waals surface area contributed by atoms with Gasteiger partial charge in [0.1, 0.15) is 17.3 Å². The molecule has 0 saturated heterocycles. The van der Waals surface area contributed by atoms with Crippen LogP contribution in [-0.4, -0.2) is 32.3 Å². The molecule has 1 aromatic heterocycles. The molecule has 0 aliphatic carbocycles. The van der Waals surface area contributed by atoms with Gasteiger partial charge < -0.3 is 0 Å². The van der Waals surface area contributed by atoms with Crippen molar-refractivity contribution in [2.24, 2.45) is 5.92 Å². The highest BCUT2D eigenvalue weighted by molar-refractivity contribution is 5.32. The van der Waals surface area contributed by atoms with Crippen LogP contribution in [-0.2, 0) is 13.1 Å². The van der Waals surface area contributed by atoms with Crippen LogP contribution in [0.25, 0.3) is 5.69 Å². The van der Waals surface area contributed by atoms with Gasteiger partial charge in [-0.15, -0.1) is 5.10 Å². The third kappa shape index (κ3) is 3.19. The zero-order valence-corrected chi connectivity index (χ0v) is 13.3. The summed E-state index contributed by atoms with van der Waals surface area (Å²) in [5.41, 5.74) is -0.402. The van der Waals surface area contributed by atoms with Crippen LogP contribution in [0.15, 0.2) is 23.0 Å². The lowest BCUT2D eigenvalue weighted by atomic mass is 10.1. The standard InChI is InChI=1S/C16H20F2N4O/c1-11(2)5-6-20-7-8-21-15(10-20)19-22(16(21)23)14-4-3-12(17)9-13(14)18/h3-4,9,11H,5-8,10H2,1-2H3. The molecule has 23 heavy (non-hydrogen) atoms. The average Bonchev–Trinajstić information content (AvgIpc) is 2.82. The minimum absolute atomic E-state index is 0.0213. The van der Waals surface area contributed by atoms with E-state index in [1.54, 1.807) is 4.57 Å². The minimum Gasteiger partial charge on any atom is -0.294 e. The third-order valence-electron chi connectivity index (χ3n) is 4.10. The third-order valence-corrected chi connectivity index (χ3v) is 4.10. The highest BCUT2D eigenvalue weighted by Crippen LogP contribution is 2.15. The molecular weight excluding hydrogens is 302 g/mol. The fourth-order valence-electron chi connectivity index (χ4n) is 2.74. The van der Waals surface area contributed by atoms with E-state index in [1.165, 1.54) is 6.07 Å². The molecule has 0 unspecified atom stereocenters. The first-order chi connectivity index (χ1) is 11.0. The first-order valence-electron chi connectivity index (χ1n) is 7.82. The van der Waals surface area contributed by atoms with Crippen LogP contribution in [0, 0.1) is 17.6 Å². The van der Waals surface area contributed by atoms with Gasteiger partial charge >= 0.3 is 5.69 Å². The SMILES string of the molecule is CC(C)CCN1CCn2c(nn(-c3ccc(F)cc3F)c2=O)C1. The summed E-state index contributed by atoms with van der Waals surface area (Å²) < 4.78 is 29.5. The molecule has 3 rings (SSSR count). The Morgan fingerprint density at radius 3 is 2.74 bits per heavy atom. The molecule has 0 spiro atoms. The smallest absolute Gasteiger partial charge is 0.294 e. The second-order valence-corrected chi connectivity index (χ2v) is 6.32. The summed E-state index contributed by atoms with van der Waals surface area (Å²) in [6.45, 7) is 7.17. The molecule has 1 aromatic carbocycles. The lowest BCUT2D eigenvalue weighted by Crippen LogP contribution is -2.38. The molecule has 1 aliphatic heterocycles. The Morgan fingerprint density at radius 2 is 2.04 bits per heavy atom. The minimum atomic E-state index is -0.792. The summed E-state index contributed by atoms with van der Waals surface area (Å²) in [6, 6.07) is 3.12. The number of nitrogens with zero attached hydrogens (tertiary/aromatic N) is 4. The molecule has 2 aromatic rings. The fourth-order valence-corrected chi connectivity index (χ4v) is 2.74. The first kappa shape index (κ1) is 15.9. The summed E-state index contributed by atoms with van der Waals surface area (Å²) in [4.78, 5) is 14.7. The summed E-state index contributed by atoms with van der Waals surface area (Å²) >= 11 is 0. The number of hydrogen-bond acceptors (Lipinski definition) is 3. The van der Waals surface area contributed by atoms with Gasteiger partial charge in [-0.25, -0.2) is 13.6 Å². The van der Waals surface area contributed by atoms with E-state index >= 15 is 0 Å². The van der Waals surface area contributed by atoms with Crippen LogP contribution in [0.1, 0.15) is 26.1 Å². The van der Waals surface area contributed by atoms with Gasteiger partial charge in [0.15, 0.2) is 5.82 Å². The van der Waals surface area contributed by atoms with Crippen LogP contribution in [0.3, 0.4) is 0 Å². The zero-order chi connectivity index (χ0) is 16.6. The van der Waals surface area contributed by atoms with Gasteiger partial charge in [0, 0.05) is 19.2 Å². The molecule has 0 atom stereocenters. The van der Waals surface area contributed by atoms with E-state index in [9.17, 15) is 13.6 Å². The Kier molecular flexibility index (Phi) is 4.30. The van der Waals surface area contributed by atoms with E-state index < -0.39 is 11.6 Å². The Bertz CT molecular complexity index is 766. The van der Waals surface area contributed by atoms with Crippen molar-refractivity contribution >= 4 is 0 Å². The molecule has 2 heterocycles. The molecule has 0 bridgehead atoms. The number of fused-ring (bicyclic) bond motifs is 1. The second kappa shape index (κ2) is 6.23. The maximum atomic E-state index is 13.9. The van der Waals surface area contributed by atoms with Crippen molar-refractivity contribution in [1.82, 2.24) is 19.2 Å². The molecule has 0 radical (unpaired) electrons. The van der Waals surface area contributed by atoms with E-state index in [-0.39, 0.29) is 11.4 Å². The largest absolute Gasteiger partial charge is 0.350 e. The molecular formula is C16H20F2N4O. The topological polar surface area (TPSA) is 43.1 Å². The quantitative estimate of drug-likeness (QED) is 0.866. The van der Waals surface area contributed by atoms with E-state index in [2.05, 4.69) is 23.8 Å². The molecule has 7 heteroatoms. The van der Waals surface area contributed by atoms with Crippen LogP contribution < -0.4 is 5.69 Å². The molecule has 0 saturated carbocycles. The Labute approximate surface area is 133 Å². The lowest BCUT2D eigenvalue weighted by molar-refractivity contribution is 0.204. The van der Waals surface area contributed by atoms with E-state index in [0.717, 1.165) is 36.3 Å². The maximum absolute atomic E-state index is 13.9. The average molecular weight is 322 g/mol. The highest BCUT2D eigenvalue weighted by atomic mass is 19.1. The van der Waals surface area contributed by atoms with Gasteiger partial charge in [-0.3, -0.25) is 9.47 Å². The molecule has 0 fully saturated rings. The van der Waals surface area contributed by atoms with Crippen molar-refractivity contribution in [3.8, 4) is 5.69 Å². The van der Waals surface area contributed by atoms with E-state index in [0.29, 0.717) is 24.8 Å². The molecule has 124 valence electrons. The van der Waals surface area contributed by atoms with Gasteiger partial charge in [-0.05, 0) is 31.0 Å². The predicted molar refractivity (Wildman–Crippen MR) is 82.5 cm³/mol. The van der Waals surface area contributed by atoms with Gasteiger partial charge in [0.05, 0.1) is 6.54 Å². The molecule has 0 N–H and O–H groups in total. The summed E-state index contributed by atoms with van der Waals surface area (Å²) in [7, 11) is 0. The van der Waals surface area contributed by atoms with E-state index in [1.807, 2.05) is 0 Å². The van der Waals surface area contributed by atoms with Crippen LogP contribution in [0.4, 0.5) is 8.78 Å². The zero-order valence-electron chi connectivity index (χ0n) is 13.3. The van der Waals surface area contributed by atoms with Gasteiger partial charge in [0.2, 0.25) is 0 Å². The van der Waals surface area contributed by atoms with Crippen molar-refractivity contribution in [1.29, 1.82) is 0 Å². The monoisotopic (exact) mass is 322 g/mol. The lowest BCUT2D eigenvalue weighted by Gasteiger charge is -2.26. The second-order valence-electron chi connectivity index (χ2n) is 6.32. The van der Waals surface area contributed by atoms with Crippen molar-refractivity contribution in [3.63, 3.8) is 0 Å². The van der Waals surface area contributed by atoms with Crippen LogP contribution >= 0.6 is 0 Å². The van der Waals surface area contributed by atoms with Crippen molar-refractivity contribution in [2.45, 2.75) is 33.4 Å². The molecule has 1 aliphatic rings.